The molecule has 2 N–H and O–H groups in total. The van der Waals surface area contributed by atoms with Crippen LogP contribution in [0.15, 0.2) is 53.7 Å². The van der Waals surface area contributed by atoms with Gasteiger partial charge < -0.3 is 33.7 Å². The molecule has 1 aliphatic rings. The first-order valence-corrected chi connectivity index (χ1v) is 13.8. The Hall–Kier alpha value is -4.14. The number of nitrogens with one attached hydrogen (secondary N) is 1. The fourth-order valence-corrected chi connectivity index (χ4v) is 4.98. The number of carbonyl (C=O) groups excluding carboxylic acids is 1. The third-order valence-corrected chi connectivity index (χ3v) is 7.22. The summed E-state index contributed by atoms with van der Waals surface area (Å²) in [5.74, 6) is 0.385. The van der Waals surface area contributed by atoms with Gasteiger partial charge in [-0.2, -0.15) is 4.98 Å². The lowest BCUT2D eigenvalue weighted by Gasteiger charge is -2.27. The van der Waals surface area contributed by atoms with Crippen LogP contribution in [0.25, 0.3) is 0 Å². The fraction of sp³-hybridized carbons (Fsp3) is 0.346. The maximum atomic E-state index is 13.5. The van der Waals surface area contributed by atoms with E-state index >= 15 is 0 Å². The molecule has 214 valence electrons. The molecule has 4 rings (SSSR count). The van der Waals surface area contributed by atoms with Crippen LogP contribution in [0.1, 0.15) is 5.56 Å². The number of rotatable bonds is 12. The second-order valence-corrected chi connectivity index (χ2v) is 10.1. The maximum Gasteiger partial charge on any atom is 0.263 e. The van der Waals surface area contributed by atoms with E-state index in [1.54, 1.807) is 29.2 Å². The Kier molecular flexibility index (Phi) is 9.58. The topological polar surface area (TPSA) is 159 Å². The number of aliphatic hydroxyl groups is 1. The molecule has 2 heterocycles. The van der Waals surface area contributed by atoms with Crippen LogP contribution in [0.2, 0.25) is 0 Å². The van der Waals surface area contributed by atoms with Gasteiger partial charge in [-0.3, -0.25) is 9.52 Å². The molecule has 1 amide bonds. The summed E-state index contributed by atoms with van der Waals surface area (Å²) in [6.45, 7) is 1.39. The molecular formula is C26H30N4O9S. The minimum atomic E-state index is -4.25. The lowest BCUT2D eigenvalue weighted by molar-refractivity contribution is -0.134. The molecule has 14 heteroatoms. The first-order valence-electron chi connectivity index (χ1n) is 12.3. The number of methoxy groups -OCH3 is 2. The van der Waals surface area contributed by atoms with Crippen LogP contribution in [-0.2, 0) is 26.0 Å². The third-order valence-electron chi connectivity index (χ3n) is 5.88. The number of nitrogens with zero attached hydrogens (tertiary/aromatic N) is 3. The number of para-hydroxylation sites is 2. The summed E-state index contributed by atoms with van der Waals surface area (Å²) in [6, 6.07) is 10.9. The van der Waals surface area contributed by atoms with Gasteiger partial charge in [-0.05, 0) is 30.3 Å². The van der Waals surface area contributed by atoms with Gasteiger partial charge in [-0.1, -0.05) is 12.1 Å². The number of ether oxygens (including phenoxy) is 5. The van der Waals surface area contributed by atoms with E-state index in [0.29, 0.717) is 43.4 Å². The molecule has 3 aromatic rings. The van der Waals surface area contributed by atoms with Crippen LogP contribution < -0.4 is 23.7 Å². The predicted octanol–water partition coefficient (Wildman–Crippen LogP) is 1.86. The molecule has 0 aliphatic carbocycles. The van der Waals surface area contributed by atoms with Crippen molar-refractivity contribution < 1.29 is 42.0 Å². The standard InChI is InChI=1S/C26H30N4O9S/c1-35-20-8-7-19(15-18(20)16-23(32)30-9-12-37-13-10-30)40(33,34)29-25-24(26(28-17-27-25)38-14-11-31)39-22-6-4-3-5-21(22)36-2/h3-8,15,17,31H,9-14,16H2,1-2H3,(H,27,28,29). The van der Waals surface area contributed by atoms with E-state index < -0.39 is 10.0 Å². The van der Waals surface area contributed by atoms with E-state index in [1.165, 1.54) is 32.4 Å². The van der Waals surface area contributed by atoms with Crippen LogP contribution in [0, 0.1) is 0 Å². The molecule has 0 unspecified atom stereocenters. The number of amides is 1. The Bertz CT molecular complexity index is 1430. The molecular weight excluding hydrogens is 544 g/mol. The fourth-order valence-electron chi connectivity index (χ4n) is 3.91. The van der Waals surface area contributed by atoms with Crippen molar-refractivity contribution in [3.8, 4) is 28.9 Å². The molecule has 1 aromatic heterocycles. The summed E-state index contributed by atoms with van der Waals surface area (Å²) in [5, 5.41) is 9.22. The molecule has 0 atom stereocenters. The average Bonchev–Trinajstić information content (AvgIpc) is 2.97. The zero-order valence-corrected chi connectivity index (χ0v) is 22.8. The van der Waals surface area contributed by atoms with Crippen molar-refractivity contribution in [1.82, 2.24) is 14.9 Å². The Labute approximate surface area is 231 Å². The van der Waals surface area contributed by atoms with Gasteiger partial charge in [0.25, 0.3) is 15.9 Å². The number of aliphatic hydroxyl groups excluding tert-OH is 1. The molecule has 2 aromatic carbocycles. The van der Waals surface area contributed by atoms with Crippen molar-refractivity contribution in [3.05, 3.63) is 54.4 Å². The van der Waals surface area contributed by atoms with Gasteiger partial charge in [0.2, 0.25) is 11.7 Å². The highest BCUT2D eigenvalue weighted by Gasteiger charge is 2.25. The van der Waals surface area contributed by atoms with E-state index in [9.17, 15) is 18.3 Å². The molecule has 0 spiro atoms. The number of aromatic nitrogens is 2. The van der Waals surface area contributed by atoms with Crippen molar-refractivity contribution in [2.45, 2.75) is 11.3 Å². The summed E-state index contributed by atoms with van der Waals surface area (Å²) in [6.07, 6.45) is 1.04. The van der Waals surface area contributed by atoms with Crippen LogP contribution in [0.5, 0.6) is 28.9 Å². The van der Waals surface area contributed by atoms with Crippen molar-refractivity contribution in [3.63, 3.8) is 0 Å². The number of anilines is 1. The summed E-state index contributed by atoms with van der Waals surface area (Å²) < 4.78 is 56.9. The highest BCUT2D eigenvalue weighted by Crippen LogP contribution is 2.40. The van der Waals surface area contributed by atoms with Gasteiger partial charge in [0.15, 0.2) is 17.3 Å². The Morgan fingerprint density at radius 1 is 1.05 bits per heavy atom. The highest BCUT2D eigenvalue weighted by molar-refractivity contribution is 7.92. The van der Waals surface area contributed by atoms with E-state index in [4.69, 9.17) is 23.7 Å². The summed E-state index contributed by atoms with van der Waals surface area (Å²) in [4.78, 5) is 22.5. The second kappa shape index (κ2) is 13.3. The van der Waals surface area contributed by atoms with Gasteiger partial charge in [0.1, 0.15) is 18.7 Å². The Balaban J connectivity index is 1.66. The smallest absolute Gasteiger partial charge is 0.263 e. The van der Waals surface area contributed by atoms with E-state index in [-0.39, 0.29) is 53.6 Å². The maximum absolute atomic E-state index is 13.5. The van der Waals surface area contributed by atoms with Crippen LogP contribution in [0.3, 0.4) is 0 Å². The Morgan fingerprint density at radius 3 is 2.48 bits per heavy atom. The number of benzene rings is 2. The van der Waals surface area contributed by atoms with Gasteiger partial charge in [0, 0.05) is 18.7 Å². The zero-order valence-electron chi connectivity index (χ0n) is 22.0. The van der Waals surface area contributed by atoms with Crippen LogP contribution in [0.4, 0.5) is 5.82 Å². The molecule has 13 nitrogen and oxygen atoms in total. The van der Waals surface area contributed by atoms with Crippen molar-refractivity contribution in [1.29, 1.82) is 0 Å². The van der Waals surface area contributed by atoms with Crippen LogP contribution >= 0.6 is 0 Å². The quantitative estimate of drug-likeness (QED) is 0.325. The minimum Gasteiger partial charge on any atom is -0.496 e. The first-order chi connectivity index (χ1) is 19.4. The average molecular weight is 575 g/mol. The molecule has 1 aliphatic heterocycles. The highest BCUT2D eigenvalue weighted by atomic mass is 32.2. The van der Waals surface area contributed by atoms with Crippen LogP contribution in [-0.4, -0.2) is 88.0 Å². The molecule has 1 saturated heterocycles. The van der Waals surface area contributed by atoms with Crippen molar-refractivity contribution in [2.75, 3.05) is 58.5 Å². The van der Waals surface area contributed by atoms with Gasteiger partial charge in [-0.15, -0.1) is 0 Å². The Morgan fingerprint density at radius 2 is 1.77 bits per heavy atom. The number of hydrogen-bond acceptors (Lipinski definition) is 11. The molecule has 0 saturated carbocycles. The van der Waals surface area contributed by atoms with Crippen molar-refractivity contribution in [2.24, 2.45) is 0 Å². The van der Waals surface area contributed by atoms with E-state index in [0.717, 1.165) is 6.33 Å². The summed E-state index contributed by atoms with van der Waals surface area (Å²) in [5.41, 5.74) is 0.405. The summed E-state index contributed by atoms with van der Waals surface area (Å²) >= 11 is 0. The zero-order chi connectivity index (χ0) is 28.5. The largest absolute Gasteiger partial charge is 0.496 e. The third kappa shape index (κ3) is 6.89. The molecule has 1 fully saturated rings. The summed E-state index contributed by atoms with van der Waals surface area (Å²) in [7, 11) is -1.34. The monoisotopic (exact) mass is 574 g/mol. The van der Waals surface area contributed by atoms with E-state index in [2.05, 4.69) is 14.7 Å². The van der Waals surface area contributed by atoms with Gasteiger partial charge >= 0.3 is 0 Å². The number of carbonyl (C=O) groups is 1. The van der Waals surface area contributed by atoms with Gasteiger partial charge in [0.05, 0.1) is 45.4 Å². The number of hydrogen-bond donors (Lipinski definition) is 2. The SMILES string of the molecule is COc1ccc(S(=O)(=O)Nc2ncnc(OCCO)c2Oc2ccccc2OC)cc1CC(=O)N1CCOCC1. The lowest BCUT2D eigenvalue weighted by atomic mass is 10.1. The first kappa shape index (κ1) is 28.9. The molecule has 0 bridgehead atoms. The van der Waals surface area contributed by atoms with Crippen molar-refractivity contribution >= 4 is 21.7 Å². The van der Waals surface area contributed by atoms with Gasteiger partial charge in [-0.25, -0.2) is 13.4 Å². The number of morpholine rings is 1. The van der Waals surface area contributed by atoms with E-state index in [1.807, 2.05) is 0 Å². The molecule has 40 heavy (non-hydrogen) atoms. The normalized spacial score (nSPS) is 13.4. The number of sulfonamides is 1. The second-order valence-electron chi connectivity index (χ2n) is 8.43. The minimum absolute atomic E-state index is 0.0542. The molecule has 0 radical (unpaired) electrons. The lowest BCUT2D eigenvalue weighted by Crippen LogP contribution is -2.41. The predicted molar refractivity (Wildman–Crippen MR) is 143 cm³/mol.